The highest BCUT2D eigenvalue weighted by molar-refractivity contribution is 5.71. The lowest BCUT2D eigenvalue weighted by Crippen LogP contribution is -2.11. The van der Waals surface area contributed by atoms with Gasteiger partial charge in [-0.2, -0.15) is 26.3 Å². The summed E-state index contributed by atoms with van der Waals surface area (Å²) < 4.78 is 85.6. The third kappa shape index (κ3) is 3.82. The minimum Gasteiger partial charge on any atom is -0.467 e. The first-order chi connectivity index (χ1) is 14.1. The molecule has 0 fully saturated rings. The molecule has 0 atom stereocenters. The zero-order valence-electron chi connectivity index (χ0n) is 14.9. The van der Waals surface area contributed by atoms with Crippen LogP contribution >= 0.6 is 0 Å². The number of nitrogens with one attached hydrogen (secondary N) is 1. The molecule has 0 aliphatic carbocycles. The molecule has 0 aliphatic rings. The van der Waals surface area contributed by atoms with Gasteiger partial charge in [-0.05, 0) is 30.3 Å². The van der Waals surface area contributed by atoms with E-state index in [1.807, 2.05) is 0 Å². The van der Waals surface area contributed by atoms with Crippen LogP contribution in [-0.2, 0) is 18.9 Å². The van der Waals surface area contributed by atoms with E-state index in [1.54, 1.807) is 12.1 Å². The highest BCUT2D eigenvalue weighted by Gasteiger charge is 2.37. The molecule has 0 aliphatic heterocycles. The summed E-state index contributed by atoms with van der Waals surface area (Å²) in [6.07, 6.45) is -4.42. The second kappa shape index (κ2) is 7.08. The second-order valence-electron chi connectivity index (χ2n) is 6.34. The molecule has 0 saturated carbocycles. The number of aromatic nitrogens is 3. The molecule has 1 N–H and O–H groups in total. The van der Waals surface area contributed by atoms with Crippen molar-refractivity contribution in [2.24, 2.45) is 0 Å². The number of furan rings is 1. The Morgan fingerprint density at radius 1 is 0.967 bits per heavy atom. The number of imidazole rings is 1. The molecule has 0 saturated heterocycles. The van der Waals surface area contributed by atoms with E-state index in [1.165, 1.54) is 29.3 Å². The lowest BCUT2D eigenvalue weighted by Gasteiger charge is -2.14. The van der Waals surface area contributed by atoms with Gasteiger partial charge in [0.15, 0.2) is 11.5 Å². The Morgan fingerprint density at radius 3 is 2.27 bits per heavy atom. The lowest BCUT2D eigenvalue weighted by atomic mass is 10.0. The number of alkyl halides is 6. The van der Waals surface area contributed by atoms with E-state index in [9.17, 15) is 26.3 Å². The van der Waals surface area contributed by atoms with E-state index in [-0.39, 0.29) is 29.5 Å². The van der Waals surface area contributed by atoms with Crippen molar-refractivity contribution in [3.8, 4) is 11.3 Å². The zero-order valence-corrected chi connectivity index (χ0v) is 14.9. The van der Waals surface area contributed by atoms with Crippen molar-refractivity contribution in [1.29, 1.82) is 0 Å². The van der Waals surface area contributed by atoms with Crippen LogP contribution in [0.25, 0.3) is 16.9 Å². The van der Waals surface area contributed by atoms with Gasteiger partial charge in [0.05, 0.1) is 35.8 Å². The number of rotatable bonds is 4. The van der Waals surface area contributed by atoms with Crippen molar-refractivity contribution in [3.63, 3.8) is 0 Å². The van der Waals surface area contributed by atoms with Gasteiger partial charge in [0.1, 0.15) is 5.76 Å². The molecule has 0 bridgehead atoms. The summed E-state index contributed by atoms with van der Waals surface area (Å²) in [7, 11) is 0. The summed E-state index contributed by atoms with van der Waals surface area (Å²) in [5.41, 5.74) is -2.76. The molecule has 3 heterocycles. The van der Waals surface area contributed by atoms with Gasteiger partial charge in [0.25, 0.3) is 0 Å². The predicted octanol–water partition coefficient (Wildman–Crippen LogP) is 5.64. The van der Waals surface area contributed by atoms with Gasteiger partial charge in [0, 0.05) is 18.0 Å². The van der Waals surface area contributed by atoms with Crippen molar-refractivity contribution in [2.45, 2.75) is 18.9 Å². The first-order valence-corrected chi connectivity index (χ1v) is 8.51. The van der Waals surface area contributed by atoms with Crippen LogP contribution in [0.3, 0.4) is 0 Å². The summed E-state index contributed by atoms with van der Waals surface area (Å²) >= 11 is 0. The van der Waals surface area contributed by atoms with E-state index in [4.69, 9.17) is 4.42 Å². The molecular weight excluding hydrogens is 414 g/mol. The molecule has 156 valence electrons. The van der Waals surface area contributed by atoms with Gasteiger partial charge in [-0.1, -0.05) is 0 Å². The van der Waals surface area contributed by atoms with E-state index in [0.717, 1.165) is 0 Å². The summed E-state index contributed by atoms with van der Waals surface area (Å²) in [4.78, 5) is 8.25. The van der Waals surface area contributed by atoms with Crippen molar-refractivity contribution in [1.82, 2.24) is 14.4 Å². The van der Waals surface area contributed by atoms with Gasteiger partial charge in [0.2, 0.25) is 0 Å². The van der Waals surface area contributed by atoms with Crippen LogP contribution in [0.15, 0.2) is 59.6 Å². The molecule has 0 unspecified atom stereocenters. The van der Waals surface area contributed by atoms with Crippen LogP contribution in [0.2, 0.25) is 0 Å². The Hall–Kier alpha value is -3.50. The zero-order chi connectivity index (χ0) is 21.5. The van der Waals surface area contributed by atoms with Crippen molar-refractivity contribution in [2.75, 3.05) is 5.32 Å². The number of hydrogen-bond donors (Lipinski definition) is 1. The van der Waals surface area contributed by atoms with Gasteiger partial charge in [-0.25, -0.2) is 9.97 Å². The Labute approximate surface area is 165 Å². The topological polar surface area (TPSA) is 55.4 Å². The molecule has 3 aromatic heterocycles. The molecule has 0 radical (unpaired) electrons. The molecule has 0 spiro atoms. The summed E-state index contributed by atoms with van der Waals surface area (Å²) in [5, 5.41) is 2.98. The number of benzene rings is 1. The molecule has 5 nitrogen and oxygen atoms in total. The SMILES string of the molecule is FC(F)(F)c1cc(-c2cnc3c(NCc4ccco4)nccn23)cc(C(F)(F)F)c1. The maximum atomic E-state index is 13.2. The maximum absolute atomic E-state index is 13.2. The number of nitrogens with zero attached hydrogens (tertiary/aromatic N) is 3. The average molecular weight is 426 g/mol. The van der Waals surface area contributed by atoms with Crippen LogP contribution in [-0.4, -0.2) is 14.4 Å². The van der Waals surface area contributed by atoms with Gasteiger partial charge >= 0.3 is 12.4 Å². The lowest BCUT2D eigenvalue weighted by molar-refractivity contribution is -0.143. The van der Waals surface area contributed by atoms with Crippen molar-refractivity contribution < 1.29 is 30.8 Å². The predicted molar refractivity (Wildman–Crippen MR) is 94.5 cm³/mol. The van der Waals surface area contributed by atoms with E-state index >= 15 is 0 Å². The van der Waals surface area contributed by atoms with Crippen LogP contribution in [0, 0.1) is 0 Å². The Bertz CT molecular complexity index is 1150. The van der Waals surface area contributed by atoms with Crippen LogP contribution in [0.1, 0.15) is 16.9 Å². The summed E-state index contributed by atoms with van der Waals surface area (Å²) in [6, 6.07) is 4.84. The van der Waals surface area contributed by atoms with Crippen molar-refractivity contribution >= 4 is 11.5 Å². The molecule has 4 rings (SSSR count). The minimum absolute atomic E-state index is 0.0602. The maximum Gasteiger partial charge on any atom is 0.416 e. The average Bonchev–Trinajstić information content (AvgIpc) is 3.34. The third-order valence-electron chi connectivity index (χ3n) is 4.32. The summed E-state index contributed by atoms with van der Waals surface area (Å²) in [5.74, 6) is 0.904. The fraction of sp³-hybridized carbons (Fsp3) is 0.158. The quantitative estimate of drug-likeness (QED) is 0.429. The van der Waals surface area contributed by atoms with Gasteiger partial charge < -0.3 is 9.73 Å². The van der Waals surface area contributed by atoms with E-state index in [2.05, 4.69) is 15.3 Å². The van der Waals surface area contributed by atoms with Crippen molar-refractivity contribution in [3.05, 3.63) is 72.1 Å². The molecule has 0 amide bonds. The largest absolute Gasteiger partial charge is 0.467 e. The van der Waals surface area contributed by atoms with Gasteiger partial charge in [-0.15, -0.1) is 0 Å². The van der Waals surface area contributed by atoms with Crippen LogP contribution < -0.4 is 5.32 Å². The van der Waals surface area contributed by atoms with E-state index < -0.39 is 23.5 Å². The number of fused-ring (bicyclic) bond motifs is 1. The van der Waals surface area contributed by atoms with Gasteiger partial charge in [-0.3, -0.25) is 4.40 Å². The Balaban J connectivity index is 1.79. The molecule has 30 heavy (non-hydrogen) atoms. The highest BCUT2D eigenvalue weighted by Crippen LogP contribution is 2.38. The Kier molecular flexibility index (Phi) is 4.67. The minimum atomic E-state index is -4.94. The smallest absolute Gasteiger partial charge is 0.416 e. The first-order valence-electron chi connectivity index (χ1n) is 8.51. The first kappa shape index (κ1) is 19.8. The molecule has 4 aromatic rings. The standard InChI is InChI=1S/C19H12F6N4O/c20-18(21,22)12-6-11(7-13(8-12)19(23,24)25)15-10-28-17-16(26-3-4-29(15)17)27-9-14-2-1-5-30-14/h1-8,10H,9H2,(H,26,27). The monoisotopic (exact) mass is 426 g/mol. The van der Waals surface area contributed by atoms with Crippen LogP contribution in [0.4, 0.5) is 32.2 Å². The fourth-order valence-corrected chi connectivity index (χ4v) is 2.94. The molecule has 11 heteroatoms. The normalized spacial score (nSPS) is 12.5. The number of anilines is 1. The van der Waals surface area contributed by atoms with E-state index in [0.29, 0.717) is 23.7 Å². The van der Waals surface area contributed by atoms with Crippen LogP contribution in [0.5, 0.6) is 0 Å². The number of halogens is 6. The number of hydrogen-bond acceptors (Lipinski definition) is 4. The molecular formula is C19H12F6N4O. The highest BCUT2D eigenvalue weighted by atomic mass is 19.4. The molecule has 1 aromatic carbocycles. The second-order valence-corrected chi connectivity index (χ2v) is 6.34. The Morgan fingerprint density at radius 2 is 1.67 bits per heavy atom. The third-order valence-corrected chi connectivity index (χ3v) is 4.32. The fourth-order valence-electron chi connectivity index (χ4n) is 2.94. The summed E-state index contributed by atoms with van der Waals surface area (Å²) in [6.45, 7) is 0.268.